The molecule has 0 saturated carbocycles. The molecule has 0 aliphatic carbocycles. The molecule has 0 spiro atoms. The zero-order valence-corrected chi connectivity index (χ0v) is 9.25. The number of hydrogen-bond acceptors (Lipinski definition) is 2. The summed E-state index contributed by atoms with van der Waals surface area (Å²) in [7, 11) is 1.92. The molecule has 0 bridgehead atoms. The summed E-state index contributed by atoms with van der Waals surface area (Å²) in [5, 5.41) is 4.27. The quantitative estimate of drug-likeness (QED) is 0.744. The first-order valence-electron chi connectivity index (χ1n) is 4.91. The molecule has 0 aliphatic heterocycles. The molecule has 0 amide bonds. The highest BCUT2D eigenvalue weighted by Gasteiger charge is 2.11. The zero-order chi connectivity index (χ0) is 10.7. The topological polar surface area (TPSA) is 43.8 Å². The van der Waals surface area contributed by atoms with Crippen molar-refractivity contribution in [1.29, 1.82) is 0 Å². The second kappa shape index (κ2) is 4.42. The molecule has 0 radical (unpaired) electrons. The van der Waals surface area contributed by atoms with Crippen molar-refractivity contribution in [1.82, 2.24) is 9.78 Å². The molecular weight excluding hydrogens is 174 g/mol. The van der Waals surface area contributed by atoms with Gasteiger partial charge in [-0.1, -0.05) is 5.57 Å². The Morgan fingerprint density at radius 1 is 1.71 bits per heavy atom. The van der Waals surface area contributed by atoms with Gasteiger partial charge in [0.25, 0.3) is 0 Å². The first kappa shape index (κ1) is 11.0. The minimum atomic E-state index is 0.0837. The van der Waals surface area contributed by atoms with Crippen LogP contribution in [0.15, 0.2) is 18.3 Å². The fourth-order valence-electron chi connectivity index (χ4n) is 1.54. The number of hydrogen-bond donors (Lipinski definition) is 1. The third-order valence-electron chi connectivity index (χ3n) is 2.33. The van der Waals surface area contributed by atoms with Gasteiger partial charge in [-0.05, 0) is 26.7 Å². The fraction of sp³-hybridized carbons (Fsp3) is 0.545. The van der Waals surface area contributed by atoms with Crippen molar-refractivity contribution in [2.75, 3.05) is 0 Å². The first-order valence-corrected chi connectivity index (χ1v) is 4.91. The molecule has 14 heavy (non-hydrogen) atoms. The molecule has 0 aliphatic rings. The van der Waals surface area contributed by atoms with Gasteiger partial charge in [0.2, 0.25) is 0 Å². The molecule has 1 rings (SSSR count). The standard InChI is InChI=1S/C11H19N3/c1-8(2)5-6-11(12)10-7-14(4)13-9(10)3/h7,11H,1,5-6,12H2,2-4H3. The maximum atomic E-state index is 6.06. The number of aryl methyl sites for hydroxylation is 2. The predicted octanol–water partition coefficient (Wildman–Crippen LogP) is 2.08. The average molecular weight is 193 g/mol. The van der Waals surface area contributed by atoms with Crippen molar-refractivity contribution >= 4 is 0 Å². The summed E-state index contributed by atoms with van der Waals surface area (Å²) >= 11 is 0. The van der Waals surface area contributed by atoms with E-state index in [1.807, 2.05) is 31.8 Å². The SMILES string of the molecule is C=C(C)CCC(N)c1cn(C)nc1C. The highest BCUT2D eigenvalue weighted by Crippen LogP contribution is 2.19. The van der Waals surface area contributed by atoms with Crippen molar-refractivity contribution in [2.24, 2.45) is 12.8 Å². The Labute approximate surface area is 85.6 Å². The summed E-state index contributed by atoms with van der Waals surface area (Å²) in [6.45, 7) is 7.90. The summed E-state index contributed by atoms with van der Waals surface area (Å²) in [5.41, 5.74) is 9.42. The van der Waals surface area contributed by atoms with Crippen molar-refractivity contribution < 1.29 is 0 Å². The Morgan fingerprint density at radius 2 is 2.36 bits per heavy atom. The fourth-order valence-corrected chi connectivity index (χ4v) is 1.54. The van der Waals surface area contributed by atoms with Gasteiger partial charge in [-0.3, -0.25) is 4.68 Å². The number of allylic oxidation sites excluding steroid dienone is 1. The normalized spacial score (nSPS) is 12.9. The van der Waals surface area contributed by atoms with Gasteiger partial charge in [0.15, 0.2) is 0 Å². The van der Waals surface area contributed by atoms with E-state index in [0.29, 0.717) is 0 Å². The lowest BCUT2D eigenvalue weighted by Crippen LogP contribution is -2.10. The molecule has 0 saturated heterocycles. The van der Waals surface area contributed by atoms with Crippen LogP contribution in [0, 0.1) is 6.92 Å². The van der Waals surface area contributed by atoms with Crippen molar-refractivity contribution in [3.63, 3.8) is 0 Å². The van der Waals surface area contributed by atoms with Crippen LogP contribution in [0.2, 0.25) is 0 Å². The summed E-state index contributed by atoms with van der Waals surface area (Å²) < 4.78 is 1.81. The van der Waals surface area contributed by atoms with Gasteiger partial charge in [0, 0.05) is 24.8 Å². The van der Waals surface area contributed by atoms with Gasteiger partial charge in [0.05, 0.1) is 5.69 Å². The van der Waals surface area contributed by atoms with Gasteiger partial charge >= 0.3 is 0 Å². The van der Waals surface area contributed by atoms with Crippen LogP contribution in [0.4, 0.5) is 0 Å². The van der Waals surface area contributed by atoms with Crippen molar-refractivity contribution in [2.45, 2.75) is 32.7 Å². The highest BCUT2D eigenvalue weighted by molar-refractivity contribution is 5.19. The lowest BCUT2D eigenvalue weighted by molar-refractivity contribution is 0.645. The molecule has 0 fully saturated rings. The van der Waals surface area contributed by atoms with E-state index >= 15 is 0 Å². The van der Waals surface area contributed by atoms with Crippen LogP contribution in [0.3, 0.4) is 0 Å². The second-order valence-electron chi connectivity index (χ2n) is 3.95. The van der Waals surface area contributed by atoms with Gasteiger partial charge in [-0.25, -0.2) is 0 Å². The van der Waals surface area contributed by atoms with Crippen molar-refractivity contribution in [3.05, 3.63) is 29.6 Å². The summed E-state index contributed by atoms with van der Waals surface area (Å²) in [6.07, 6.45) is 3.93. The van der Waals surface area contributed by atoms with Crippen LogP contribution in [-0.4, -0.2) is 9.78 Å². The Morgan fingerprint density at radius 3 is 2.79 bits per heavy atom. The predicted molar refractivity (Wildman–Crippen MR) is 58.9 cm³/mol. The number of nitrogens with zero attached hydrogens (tertiary/aromatic N) is 2. The van der Waals surface area contributed by atoms with E-state index in [4.69, 9.17) is 5.73 Å². The molecule has 3 nitrogen and oxygen atoms in total. The van der Waals surface area contributed by atoms with E-state index in [1.54, 1.807) is 0 Å². The molecule has 1 aromatic heterocycles. The van der Waals surface area contributed by atoms with Crippen LogP contribution < -0.4 is 5.73 Å². The summed E-state index contributed by atoms with van der Waals surface area (Å²) in [5.74, 6) is 0. The Bertz CT molecular complexity index is 325. The van der Waals surface area contributed by atoms with Crippen LogP contribution in [0.1, 0.15) is 37.1 Å². The van der Waals surface area contributed by atoms with Crippen LogP contribution in [0.25, 0.3) is 0 Å². The molecule has 1 aromatic rings. The highest BCUT2D eigenvalue weighted by atomic mass is 15.2. The van der Waals surface area contributed by atoms with E-state index in [1.165, 1.54) is 5.57 Å². The van der Waals surface area contributed by atoms with Crippen LogP contribution in [0.5, 0.6) is 0 Å². The number of rotatable bonds is 4. The van der Waals surface area contributed by atoms with Crippen LogP contribution >= 0.6 is 0 Å². The van der Waals surface area contributed by atoms with Gasteiger partial charge in [-0.15, -0.1) is 6.58 Å². The molecule has 1 heterocycles. The lowest BCUT2D eigenvalue weighted by atomic mass is 10.0. The van der Waals surface area contributed by atoms with E-state index in [9.17, 15) is 0 Å². The lowest BCUT2D eigenvalue weighted by Gasteiger charge is -2.09. The molecule has 1 atom stereocenters. The molecule has 1 unspecified atom stereocenters. The third-order valence-corrected chi connectivity index (χ3v) is 2.33. The van der Waals surface area contributed by atoms with Crippen LogP contribution in [-0.2, 0) is 7.05 Å². The Kier molecular flexibility index (Phi) is 3.47. The smallest absolute Gasteiger partial charge is 0.0641 e. The van der Waals surface area contributed by atoms with Gasteiger partial charge in [0.1, 0.15) is 0 Å². The van der Waals surface area contributed by atoms with Gasteiger partial charge in [-0.2, -0.15) is 5.10 Å². The second-order valence-corrected chi connectivity index (χ2v) is 3.95. The molecule has 3 heteroatoms. The first-order chi connectivity index (χ1) is 6.50. The Hall–Kier alpha value is -1.09. The van der Waals surface area contributed by atoms with E-state index < -0.39 is 0 Å². The minimum Gasteiger partial charge on any atom is -0.324 e. The summed E-state index contributed by atoms with van der Waals surface area (Å²) in [4.78, 5) is 0. The molecule has 78 valence electrons. The van der Waals surface area contributed by atoms with Crippen molar-refractivity contribution in [3.8, 4) is 0 Å². The Balaban J connectivity index is 2.64. The maximum Gasteiger partial charge on any atom is 0.0641 e. The summed E-state index contributed by atoms with van der Waals surface area (Å²) in [6, 6.07) is 0.0837. The third kappa shape index (κ3) is 2.70. The molecular formula is C11H19N3. The maximum absolute atomic E-state index is 6.06. The van der Waals surface area contributed by atoms with E-state index in [2.05, 4.69) is 11.7 Å². The number of aromatic nitrogens is 2. The van der Waals surface area contributed by atoms with Gasteiger partial charge < -0.3 is 5.73 Å². The monoisotopic (exact) mass is 193 g/mol. The minimum absolute atomic E-state index is 0.0837. The number of nitrogens with two attached hydrogens (primary N) is 1. The average Bonchev–Trinajstić information content (AvgIpc) is 2.41. The zero-order valence-electron chi connectivity index (χ0n) is 9.25. The largest absolute Gasteiger partial charge is 0.324 e. The molecule has 0 aromatic carbocycles. The molecule has 2 N–H and O–H groups in total. The van der Waals surface area contributed by atoms with E-state index in [-0.39, 0.29) is 6.04 Å². The van der Waals surface area contributed by atoms with E-state index in [0.717, 1.165) is 24.1 Å².